The number of rotatable bonds is 2. The lowest BCUT2D eigenvalue weighted by atomic mass is 10.1. The van der Waals surface area contributed by atoms with Gasteiger partial charge in [-0.05, 0) is 48.9 Å². The summed E-state index contributed by atoms with van der Waals surface area (Å²) in [6.07, 6.45) is -2.65. The van der Waals surface area contributed by atoms with E-state index in [1.165, 1.54) is 40.3 Å². The van der Waals surface area contributed by atoms with Gasteiger partial charge in [0.25, 0.3) is 5.91 Å². The van der Waals surface area contributed by atoms with Crippen LogP contribution < -0.4 is 10.2 Å². The molecule has 2 aromatic carbocycles. The van der Waals surface area contributed by atoms with E-state index in [0.29, 0.717) is 28.6 Å². The normalized spacial score (nSPS) is 22.5. The van der Waals surface area contributed by atoms with Crippen molar-refractivity contribution in [2.75, 3.05) is 16.8 Å². The molecule has 3 unspecified atom stereocenters. The number of hydrogen-bond donors (Lipinski definition) is 1. The molecule has 5 amide bonds. The molecule has 4 heterocycles. The number of carbonyl (C=O) groups excluding carboxylic acids is 3. The first-order valence-corrected chi connectivity index (χ1v) is 11.4. The largest absolute Gasteiger partial charge is 0.416 e. The molecule has 186 valence electrons. The first-order chi connectivity index (χ1) is 17.7. The molecule has 0 radical (unpaired) electrons. The lowest BCUT2D eigenvalue weighted by Crippen LogP contribution is -2.55. The zero-order valence-electron chi connectivity index (χ0n) is 18.9. The number of anilines is 2. The number of nitriles is 1. The third-order valence-corrected chi connectivity index (χ3v) is 7.07. The minimum Gasteiger partial charge on any atom is -0.317 e. The van der Waals surface area contributed by atoms with E-state index in [9.17, 15) is 32.8 Å². The molecule has 6 rings (SSSR count). The number of nitrogens with zero attached hydrogens (tertiary/aromatic N) is 5. The maximum absolute atomic E-state index is 13.6. The van der Waals surface area contributed by atoms with Crippen molar-refractivity contribution in [2.24, 2.45) is 0 Å². The number of urea groups is 2. The van der Waals surface area contributed by atoms with Crippen LogP contribution in [0.4, 0.5) is 34.1 Å². The molecule has 1 aromatic heterocycles. The third kappa shape index (κ3) is 3.38. The minimum absolute atomic E-state index is 0.0218. The number of alkyl halides is 3. The van der Waals surface area contributed by atoms with Crippen LogP contribution in [-0.4, -0.2) is 57.4 Å². The van der Waals surface area contributed by atoms with Gasteiger partial charge in [0.05, 0.1) is 34.4 Å². The van der Waals surface area contributed by atoms with E-state index in [4.69, 9.17) is 0 Å². The molecule has 0 spiro atoms. The molecule has 3 aromatic rings. The van der Waals surface area contributed by atoms with Crippen molar-refractivity contribution < 1.29 is 27.6 Å². The number of likely N-dealkylation sites (tertiary alicyclic amines) is 1. The average molecular weight is 506 g/mol. The highest BCUT2D eigenvalue weighted by atomic mass is 19.4. The van der Waals surface area contributed by atoms with Gasteiger partial charge < -0.3 is 15.1 Å². The Labute approximate surface area is 207 Å². The number of hydrogen-bond acceptors (Lipinski definition) is 5. The van der Waals surface area contributed by atoms with Crippen LogP contribution in [0, 0.1) is 11.3 Å². The monoisotopic (exact) mass is 506 g/mol. The first-order valence-electron chi connectivity index (χ1n) is 11.4. The first kappa shape index (κ1) is 22.8. The Morgan fingerprint density at radius 2 is 1.95 bits per heavy atom. The van der Waals surface area contributed by atoms with E-state index in [2.05, 4.69) is 10.3 Å². The number of fused-ring (bicyclic) bond motifs is 6. The lowest BCUT2D eigenvalue weighted by molar-refractivity contribution is -0.137. The molecule has 2 bridgehead atoms. The van der Waals surface area contributed by atoms with Gasteiger partial charge in [0.15, 0.2) is 0 Å². The molecule has 3 atom stereocenters. The van der Waals surface area contributed by atoms with Crippen molar-refractivity contribution in [1.82, 2.24) is 14.8 Å². The Hall–Kier alpha value is -4.66. The van der Waals surface area contributed by atoms with Crippen LogP contribution in [0.3, 0.4) is 0 Å². The second kappa shape index (κ2) is 7.92. The van der Waals surface area contributed by atoms with Crippen LogP contribution in [0.25, 0.3) is 10.9 Å². The fraction of sp³-hybridized carbons (Fsp3) is 0.240. The van der Waals surface area contributed by atoms with Gasteiger partial charge in [-0.3, -0.25) is 9.78 Å². The summed E-state index contributed by atoms with van der Waals surface area (Å²) in [7, 11) is 0. The maximum atomic E-state index is 13.6. The highest BCUT2D eigenvalue weighted by Crippen LogP contribution is 2.44. The fourth-order valence-electron chi connectivity index (χ4n) is 5.52. The summed E-state index contributed by atoms with van der Waals surface area (Å²) in [6, 6.07) is 9.58. The van der Waals surface area contributed by atoms with Crippen LogP contribution in [0.2, 0.25) is 0 Å². The average Bonchev–Trinajstić information content (AvgIpc) is 3.54. The van der Waals surface area contributed by atoms with Gasteiger partial charge >= 0.3 is 18.2 Å². The summed E-state index contributed by atoms with van der Waals surface area (Å²) < 4.78 is 39.1. The summed E-state index contributed by atoms with van der Waals surface area (Å²) in [5.74, 6) is -0.510. The quantitative estimate of drug-likeness (QED) is 0.530. The number of benzene rings is 2. The molecule has 3 aliphatic rings. The standard InChI is InChI=1S/C25H17F3N6O3/c26-25(27,28)14-3-1-4-15(9-14)31-23(36)32-12-16-10-19(32)21-22(35)34(24(37)33(16)21)18-7-6-13(11-29)20-17(18)5-2-8-30-20/h1-9,16,19,21H,10,12H2,(H,31,36). The summed E-state index contributed by atoms with van der Waals surface area (Å²) in [5.41, 5.74) is 0.0461. The van der Waals surface area contributed by atoms with E-state index in [1.807, 2.05) is 6.07 Å². The van der Waals surface area contributed by atoms with Crippen LogP contribution in [0.1, 0.15) is 17.5 Å². The minimum atomic E-state index is -4.56. The Kier molecular flexibility index (Phi) is 4.88. The highest BCUT2D eigenvalue weighted by molar-refractivity contribution is 6.25. The van der Waals surface area contributed by atoms with Crippen molar-refractivity contribution in [3.8, 4) is 6.07 Å². The number of amides is 5. The summed E-state index contributed by atoms with van der Waals surface area (Å²) in [4.78, 5) is 48.1. The molecule has 37 heavy (non-hydrogen) atoms. The van der Waals surface area contributed by atoms with Crippen molar-refractivity contribution in [3.63, 3.8) is 0 Å². The van der Waals surface area contributed by atoms with Crippen LogP contribution in [-0.2, 0) is 11.0 Å². The van der Waals surface area contributed by atoms with Crippen molar-refractivity contribution >= 4 is 40.2 Å². The van der Waals surface area contributed by atoms with Gasteiger partial charge in [-0.25, -0.2) is 14.5 Å². The molecular formula is C25H17F3N6O3. The summed E-state index contributed by atoms with van der Waals surface area (Å²) >= 11 is 0. The Bertz CT molecular complexity index is 1530. The molecule has 9 nitrogen and oxygen atoms in total. The second-order valence-corrected chi connectivity index (χ2v) is 9.07. The SMILES string of the molecule is N#Cc1ccc(N2C(=O)C3C4CC(CN4C(=O)Nc4cccc(C(F)(F)F)c4)N3C2=O)c2cccnc12. The number of piperazine rings is 1. The number of pyridine rings is 1. The zero-order chi connectivity index (χ0) is 26.1. The lowest BCUT2D eigenvalue weighted by Gasteiger charge is -2.34. The van der Waals surface area contributed by atoms with Crippen molar-refractivity contribution in [2.45, 2.75) is 30.7 Å². The van der Waals surface area contributed by atoms with Gasteiger partial charge in [0.2, 0.25) is 0 Å². The van der Waals surface area contributed by atoms with Crippen molar-refractivity contribution in [3.05, 3.63) is 65.9 Å². The molecule has 3 aliphatic heterocycles. The predicted octanol–water partition coefficient (Wildman–Crippen LogP) is 3.95. The number of aromatic nitrogens is 1. The van der Waals surface area contributed by atoms with Gasteiger partial charge in [-0.1, -0.05) is 6.07 Å². The predicted molar refractivity (Wildman–Crippen MR) is 124 cm³/mol. The van der Waals surface area contributed by atoms with Gasteiger partial charge in [-0.15, -0.1) is 0 Å². The van der Waals surface area contributed by atoms with E-state index in [0.717, 1.165) is 17.0 Å². The maximum Gasteiger partial charge on any atom is 0.416 e. The number of carbonyl (C=O) groups is 3. The van der Waals surface area contributed by atoms with Crippen molar-refractivity contribution in [1.29, 1.82) is 5.26 Å². The van der Waals surface area contributed by atoms with Crippen LogP contribution in [0.5, 0.6) is 0 Å². The fourth-order valence-corrected chi connectivity index (χ4v) is 5.52. The zero-order valence-corrected chi connectivity index (χ0v) is 18.9. The van der Waals surface area contributed by atoms with Crippen LogP contribution >= 0.6 is 0 Å². The molecule has 3 saturated heterocycles. The number of nitrogens with one attached hydrogen (secondary N) is 1. The molecule has 3 fully saturated rings. The van der Waals surface area contributed by atoms with Gasteiger partial charge in [-0.2, -0.15) is 18.4 Å². The number of imide groups is 1. The Morgan fingerprint density at radius 3 is 2.70 bits per heavy atom. The molecule has 1 N–H and O–H groups in total. The van der Waals surface area contributed by atoms with Crippen LogP contribution in [0.15, 0.2) is 54.7 Å². The van der Waals surface area contributed by atoms with Gasteiger partial charge in [0.1, 0.15) is 12.1 Å². The molecular weight excluding hydrogens is 489 g/mol. The van der Waals surface area contributed by atoms with E-state index in [1.54, 1.807) is 12.1 Å². The molecule has 12 heteroatoms. The topological polar surface area (TPSA) is 110 Å². The summed E-state index contributed by atoms with van der Waals surface area (Å²) in [6.45, 7) is 0.147. The third-order valence-electron chi connectivity index (χ3n) is 7.07. The second-order valence-electron chi connectivity index (χ2n) is 9.07. The smallest absolute Gasteiger partial charge is 0.317 e. The van der Waals surface area contributed by atoms with E-state index >= 15 is 0 Å². The number of halogens is 3. The Balaban J connectivity index is 1.28. The van der Waals surface area contributed by atoms with Gasteiger partial charge in [0, 0.05) is 23.8 Å². The Morgan fingerprint density at radius 1 is 1.14 bits per heavy atom. The highest BCUT2D eigenvalue weighted by Gasteiger charge is 2.63. The molecule has 0 saturated carbocycles. The summed E-state index contributed by atoms with van der Waals surface area (Å²) in [5, 5.41) is 12.4. The molecule has 0 aliphatic carbocycles. The van der Waals surface area contributed by atoms with E-state index in [-0.39, 0.29) is 12.2 Å². The van der Waals surface area contributed by atoms with E-state index < -0.39 is 47.8 Å².